The molecule has 27 heavy (non-hydrogen) atoms. The number of hydrogen-bond donors (Lipinski definition) is 1. The van der Waals surface area contributed by atoms with Crippen LogP contribution in [0.2, 0.25) is 0 Å². The van der Waals surface area contributed by atoms with Gasteiger partial charge in [-0.3, -0.25) is 4.98 Å². The minimum Gasteiger partial charge on any atom is -0.408 e. The third-order valence-corrected chi connectivity index (χ3v) is 6.72. The van der Waals surface area contributed by atoms with Crippen molar-refractivity contribution in [1.29, 1.82) is 0 Å². The first kappa shape index (κ1) is 17.8. The number of fused-ring (bicyclic) bond motifs is 1. The van der Waals surface area contributed by atoms with Crippen molar-refractivity contribution < 1.29 is 12.8 Å². The molecule has 0 spiro atoms. The minimum atomic E-state index is -3.34. The van der Waals surface area contributed by atoms with E-state index in [2.05, 4.69) is 9.88 Å². The Labute approximate surface area is 157 Å². The topological polar surface area (TPSA) is 86.6 Å². The monoisotopic (exact) mass is 387 g/mol. The Bertz CT molecular complexity index is 1110. The molecule has 0 bridgehead atoms. The van der Waals surface area contributed by atoms with Gasteiger partial charge in [-0.15, -0.1) is 0 Å². The van der Waals surface area contributed by atoms with E-state index in [-0.39, 0.29) is 5.75 Å². The van der Waals surface area contributed by atoms with E-state index in [0.717, 1.165) is 16.8 Å². The lowest BCUT2D eigenvalue weighted by Gasteiger charge is -2.35. The summed E-state index contributed by atoms with van der Waals surface area (Å²) in [6.45, 7) is 4.03. The van der Waals surface area contributed by atoms with Gasteiger partial charge in [-0.25, -0.2) is 13.2 Å². The largest absolute Gasteiger partial charge is 0.417 e. The molecule has 0 unspecified atom stereocenters. The molecule has 0 atom stereocenters. The van der Waals surface area contributed by atoms with Gasteiger partial charge >= 0.3 is 5.76 Å². The van der Waals surface area contributed by atoms with Crippen LogP contribution in [0.15, 0.2) is 51.7 Å². The van der Waals surface area contributed by atoms with E-state index in [1.54, 1.807) is 10.4 Å². The van der Waals surface area contributed by atoms with Crippen molar-refractivity contribution >= 4 is 26.8 Å². The maximum absolute atomic E-state index is 12.7. The Morgan fingerprint density at radius 3 is 2.44 bits per heavy atom. The van der Waals surface area contributed by atoms with Crippen molar-refractivity contribution in [3.05, 3.63) is 64.1 Å². The molecule has 1 N–H and O–H groups in total. The molecule has 8 heteroatoms. The number of nitrogens with zero attached hydrogens (tertiary/aromatic N) is 2. The summed E-state index contributed by atoms with van der Waals surface area (Å²) in [5.74, 6) is -0.456. The number of aryl methyl sites for hydroxylation is 1. The highest BCUT2D eigenvalue weighted by molar-refractivity contribution is 7.88. The lowest BCUT2D eigenvalue weighted by Crippen LogP contribution is -2.49. The highest BCUT2D eigenvalue weighted by Crippen LogP contribution is 2.23. The van der Waals surface area contributed by atoms with Crippen LogP contribution in [-0.2, 0) is 15.8 Å². The van der Waals surface area contributed by atoms with Gasteiger partial charge in [-0.1, -0.05) is 29.8 Å². The number of aromatic amines is 1. The van der Waals surface area contributed by atoms with Crippen molar-refractivity contribution in [2.75, 3.05) is 31.1 Å². The summed E-state index contributed by atoms with van der Waals surface area (Å²) in [6.07, 6.45) is 0. The van der Waals surface area contributed by atoms with Gasteiger partial charge in [0, 0.05) is 37.9 Å². The van der Waals surface area contributed by atoms with Gasteiger partial charge in [-0.2, -0.15) is 4.31 Å². The lowest BCUT2D eigenvalue weighted by molar-refractivity contribution is 0.384. The molecule has 0 radical (unpaired) electrons. The summed E-state index contributed by atoms with van der Waals surface area (Å²) in [6, 6.07) is 13.1. The first-order valence-corrected chi connectivity index (χ1v) is 10.4. The number of nitrogens with one attached hydrogen (secondary N) is 1. The maximum Gasteiger partial charge on any atom is 0.417 e. The zero-order valence-electron chi connectivity index (χ0n) is 15.0. The maximum atomic E-state index is 12.7. The molecule has 1 aliphatic rings. The summed E-state index contributed by atoms with van der Waals surface area (Å²) >= 11 is 0. The highest BCUT2D eigenvalue weighted by atomic mass is 32.2. The number of H-pyrrole nitrogens is 1. The first-order chi connectivity index (χ1) is 12.9. The molecule has 2 aromatic carbocycles. The number of rotatable bonds is 4. The van der Waals surface area contributed by atoms with Crippen LogP contribution in [0.4, 0.5) is 5.69 Å². The van der Waals surface area contributed by atoms with Crippen LogP contribution in [0.1, 0.15) is 11.1 Å². The summed E-state index contributed by atoms with van der Waals surface area (Å²) in [5, 5.41) is 0. The van der Waals surface area contributed by atoms with Gasteiger partial charge in [0.25, 0.3) is 0 Å². The smallest absolute Gasteiger partial charge is 0.408 e. The predicted octanol–water partition coefficient (Wildman–Crippen LogP) is 2.08. The van der Waals surface area contributed by atoms with Gasteiger partial charge < -0.3 is 9.32 Å². The number of benzene rings is 2. The molecule has 1 aliphatic heterocycles. The van der Waals surface area contributed by atoms with Crippen LogP contribution in [0.25, 0.3) is 11.1 Å². The molecule has 0 amide bonds. The van der Waals surface area contributed by atoms with Gasteiger partial charge in [-0.05, 0) is 24.6 Å². The summed E-state index contributed by atoms with van der Waals surface area (Å²) < 4.78 is 32.1. The van der Waals surface area contributed by atoms with E-state index in [0.29, 0.717) is 37.3 Å². The second-order valence-corrected chi connectivity index (χ2v) is 8.79. The average molecular weight is 387 g/mol. The van der Waals surface area contributed by atoms with Crippen molar-refractivity contribution in [2.24, 2.45) is 0 Å². The molecule has 1 saturated heterocycles. The van der Waals surface area contributed by atoms with E-state index in [1.807, 2.05) is 43.3 Å². The van der Waals surface area contributed by atoms with Gasteiger partial charge in [0.2, 0.25) is 10.0 Å². The quantitative estimate of drug-likeness (QED) is 0.741. The van der Waals surface area contributed by atoms with Crippen LogP contribution in [-0.4, -0.2) is 43.9 Å². The molecule has 3 aromatic rings. The zero-order chi connectivity index (χ0) is 19.0. The minimum absolute atomic E-state index is 0.0216. The van der Waals surface area contributed by atoms with Gasteiger partial charge in [0.05, 0.1) is 11.3 Å². The van der Waals surface area contributed by atoms with E-state index in [9.17, 15) is 13.2 Å². The summed E-state index contributed by atoms with van der Waals surface area (Å²) in [7, 11) is -3.34. The first-order valence-electron chi connectivity index (χ1n) is 8.82. The van der Waals surface area contributed by atoms with Crippen molar-refractivity contribution in [3.8, 4) is 0 Å². The third kappa shape index (κ3) is 3.77. The standard InChI is InChI=1S/C19H21N3O4S/c1-14-2-4-15(5-3-14)13-27(24,25)22-10-8-21(9-11-22)16-6-7-17-18(12-16)26-19(23)20-17/h2-7,12H,8-11,13H2,1H3,(H,20,23). The Morgan fingerprint density at radius 1 is 1.04 bits per heavy atom. The lowest BCUT2D eigenvalue weighted by atomic mass is 10.2. The molecule has 0 aliphatic carbocycles. The Morgan fingerprint density at radius 2 is 1.74 bits per heavy atom. The van der Waals surface area contributed by atoms with E-state index < -0.39 is 15.8 Å². The highest BCUT2D eigenvalue weighted by Gasteiger charge is 2.27. The van der Waals surface area contributed by atoms with Crippen LogP contribution in [0.3, 0.4) is 0 Å². The van der Waals surface area contributed by atoms with Gasteiger partial charge in [0.15, 0.2) is 5.58 Å². The van der Waals surface area contributed by atoms with Crippen LogP contribution in [0, 0.1) is 6.92 Å². The van der Waals surface area contributed by atoms with Crippen LogP contribution in [0.5, 0.6) is 0 Å². The zero-order valence-corrected chi connectivity index (χ0v) is 15.8. The second-order valence-electron chi connectivity index (χ2n) is 6.82. The fraction of sp³-hybridized carbons (Fsp3) is 0.316. The predicted molar refractivity (Wildman–Crippen MR) is 104 cm³/mol. The molecule has 142 valence electrons. The molecular formula is C19H21N3O4S. The molecule has 0 saturated carbocycles. The molecule has 7 nitrogen and oxygen atoms in total. The molecule has 2 heterocycles. The summed E-state index contributed by atoms with van der Waals surface area (Å²) in [4.78, 5) is 16.0. The normalized spacial score (nSPS) is 16.1. The molecular weight excluding hydrogens is 366 g/mol. The fourth-order valence-corrected chi connectivity index (χ4v) is 4.86. The number of aromatic nitrogens is 1. The van der Waals surface area contributed by atoms with Crippen molar-refractivity contribution in [3.63, 3.8) is 0 Å². The average Bonchev–Trinajstić information content (AvgIpc) is 3.03. The number of piperazine rings is 1. The second kappa shape index (κ2) is 6.86. The van der Waals surface area contributed by atoms with Crippen molar-refractivity contribution in [2.45, 2.75) is 12.7 Å². The van der Waals surface area contributed by atoms with Crippen LogP contribution < -0.4 is 10.7 Å². The Balaban J connectivity index is 1.44. The van der Waals surface area contributed by atoms with E-state index >= 15 is 0 Å². The van der Waals surface area contributed by atoms with Gasteiger partial charge in [0.1, 0.15) is 0 Å². The molecule has 4 rings (SSSR count). The number of hydrogen-bond acceptors (Lipinski definition) is 5. The molecule has 1 fully saturated rings. The number of sulfonamides is 1. The van der Waals surface area contributed by atoms with E-state index in [4.69, 9.17) is 4.42 Å². The fourth-order valence-electron chi connectivity index (χ4n) is 3.34. The SMILES string of the molecule is Cc1ccc(CS(=O)(=O)N2CCN(c3ccc4[nH]c(=O)oc4c3)CC2)cc1. The van der Waals surface area contributed by atoms with Crippen molar-refractivity contribution in [1.82, 2.24) is 9.29 Å². The Kier molecular flexibility index (Phi) is 4.53. The number of oxazole rings is 1. The molecule has 1 aromatic heterocycles. The Hall–Kier alpha value is -2.58. The van der Waals surface area contributed by atoms with E-state index in [1.165, 1.54) is 0 Å². The number of anilines is 1. The summed E-state index contributed by atoms with van der Waals surface area (Å²) in [5.41, 5.74) is 3.99. The third-order valence-electron chi connectivity index (χ3n) is 4.87. The van der Waals surface area contributed by atoms with Crippen LogP contribution >= 0.6 is 0 Å².